The van der Waals surface area contributed by atoms with Crippen molar-refractivity contribution in [1.82, 2.24) is 10.2 Å². The van der Waals surface area contributed by atoms with Gasteiger partial charge in [0.25, 0.3) is 0 Å². The molecule has 0 bridgehead atoms. The maximum atomic E-state index is 11.5. The molecule has 0 aromatic rings. The number of amides is 1. The fourth-order valence-electron chi connectivity index (χ4n) is 1.41. The molecule has 0 spiro atoms. The number of carbonyl (C=O) groups is 1. The largest absolute Gasteiger partial charge is 0.355 e. The zero-order valence-corrected chi connectivity index (χ0v) is 12.6. The summed E-state index contributed by atoms with van der Waals surface area (Å²) in [5.74, 6) is 0.0651. The first-order valence-electron chi connectivity index (χ1n) is 6.11. The molecule has 3 nitrogen and oxygen atoms in total. The maximum Gasteiger partial charge on any atom is 0.236 e. The Bertz CT molecular complexity index is 198. The van der Waals surface area contributed by atoms with Crippen LogP contribution in [0.2, 0.25) is 0 Å². The Kier molecular flexibility index (Phi) is 8.02. The van der Waals surface area contributed by atoms with Gasteiger partial charge >= 0.3 is 0 Å². The minimum absolute atomic E-state index is 0.0651. The van der Waals surface area contributed by atoms with Gasteiger partial charge in [-0.05, 0) is 46.3 Å². The van der Waals surface area contributed by atoms with Crippen molar-refractivity contribution in [1.29, 1.82) is 0 Å². The Hall–Kier alpha value is -0.0900. The molecular formula is C12H25BrN2O. The SMILES string of the molecule is CCN(CC)CCCCNC(=O)C(C)(C)Br. The van der Waals surface area contributed by atoms with E-state index < -0.39 is 4.32 Å². The monoisotopic (exact) mass is 292 g/mol. The number of nitrogens with one attached hydrogen (secondary N) is 1. The molecule has 0 radical (unpaired) electrons. The Balaban J connectivity index is 3.51. The summed E-state index contributed by atoms with van der Waals surface area (Å²) in [5, 5.41) is 2.93. The van der Waals surface area contributed by atoms with Crippen LogP contribution in [0.25, 0.3) is 0 Å². The summed E-state index contributed by atoms with van der Waals surface area (Å²) < 4.78 is -0.453. The van der Waals surface area contributed by atoms with E-state index in [0.29, 0.717) is 0 Å². The van der Waals surface area contributed by atoms with Crippen molar-refractivity contribution in [2.45, 2.75) is 44.9 Å². The lowest BCUT2D eigenvalue weighted by atomic mass is 10.2. The average molecular weight is 293 g/mol. The molecule has 0 aliphatic carbocycles. The minimum Gasteiger partial charge on any atom is -0.355 e. The molecule has 0 rings (SSSR count). The van der Waals surface area contributed by atoms with E-state index in [1.807, 2.05) is 13.8 Å². The smallest absolute Gasteiger partial charge is 0.236 e. The number of unbranched alkanes of at least 4 members (excludes halogenated alkanes) is 1. The van der Waals surface area contributed by atoms with Gasteiger partial charge in [-0.1, -0.05) is 29.8 Å². The first kappa shape index (κ1) is 15.9. The van der Waals surface area contributed by atoms with E-state index in [1.165, 1.54) is 0 Å². The van der Waals surface area contributed by atoms with Gasteiger partial charge in [-0.15, -0.1) is 0 Å². The molecule has 16 heavy (non-hydrogen) atoms. The number of nitrogens with zero attached hydrogens (tertiary/aromatic N) is 1. The zero-order chi connectivity index (χ0) is 12.6. The van der Waals surface area contributed by atoms with E-state index in [4.69, 9.17) is 0 Å². The number of alkyl halides is 1. The minimum atomic E-state index is -0.453. The maximum absolute atomic E-state index is 11.5. The van der Waals surface area contributed by atoms with Gasteiger partial charge < -0.3 is 10.2 Å². The van der Waals surface area contributed by atoms with E-state index >= 15 is 0 Å². The second-order valence-corrected chi connectivity index (χ2v) is 6.44. The standard InChI is InChI=1S/C12H25BrN2O/c1-5-15(6-2)10-8-7-9-14-11(16)12(3,4)13/h5-10H2,1-4H3,(H,14,16). The van der Waals surface area contributed by atoms with Crippen molar-refractivity contribution in [3.05, 3.63) is 0 Å². The van der Waals surface area contributed by atoms with Crippen LogP contribution in [0.5, 0.6) is 0 Å². The normalized spacial score (nSPS) is 11.9. The molecule has 96 valence electrons. The molecule has 0 aromatic carbocycles. The van der Waals surface area contributed by atoms with Crippen LogP contribution >= 0.6 is 15.9 Å². The highest BCUT2D eigenvalue weighted by molar-refractivity contribution is 9.10. The van der Waals surface area contributed by atoms with Gasteiger partial charge in [-0.25, -0.2) is 0 Å². The Morgan fingerprint density at radius 2 is 1.81 bits per heavy atom. The first-order valence-corrected chi connectivity index (χ1v) is 6.90. The molecule has 0 saturated heterocycles. The van der Waals surface area contributed by atoms with E-state index in [-0.39, 0.29) is 5.91 Å². The summed E-state index contributed by atoms with van der Waals surface area (Å²) in [5.41, 5.74) is 0. The molecule has 0 unspecified atom stereocenters. The number of halogens is 1. The van der Waals surface area contributed by atoms with Crippen LogP contribution in [0.3, 0.4) is 0 Å². The molecule has 0 aliphatic rings. The molecule has 0 aromatic heterocycles. The van der Waals surface area contributed by atoms with Crippen LogP contribution in [0, 0.1) is 0 Å². The van der Waals surface area contributed by atoms with Crippen LogP contribution in [-0.2, 0) is 4.79 Å². The Morgan fingerprint density at radius 3 is 2.25 bits per heavy atom. The lowest BCUT2D eigenvalue weighted by molar-refractivity contribution is -0.122. The Morgan fingerprint density at radius 1 is 1.25 bits per heavy atom. The number of carbonyl (C=O) groups excluding carboxylic acids is 1. The zero-order valence-electron chi connectivity index (χ0n) is 11.0. The van der Waals surface area contributed by atoms with Crippen molar-refractivity contribution in [2.24, 2.45) is 0 Å². The van der Waals surface area contributed by atoms with Gasteiger partial charge in [-0.3, -0.25) is 4.79 Å². The molecule has 1 amide bonds. The molecule has 0 fully saturated rings. The molecule has 0 aliphatic heterocycles. The van der Waals surface area contributed by atoms with E-state index in [1.54, 1.807) is 0 Å². The Labute approximate surface area is 108 Å². The summed E-state index contributed by atoms with van der Waals surface area (Å²) in [6.07, 6.45) is 2.19. The quantitative estimate of drug-likeness (QED) is 0.550. The van der Waals surface area contributed by atoms with Gasteiger partial charge in [0.15, 0.2) is 0 Å². The summed E-state index contributed by atoms with van der Waals surface area (Å²) >= 11 is 3.34. The third-order valence-corrected chi connectivity index (χ3v) is 2.98. The topological polar surface area (TPSA) is 32.3 Å². The number of rotatable bonds is 8. The number of hydrogen-bond donors (Lipinski definition) is 1. The highest BCUT2D eigenvalue weighted by Crippen LogP contribution is 2.15. The molecule has 1 N–H and O–H groups in total. The summed E-state index contributed by atoms with van der Waals surface area (Å²) in [4.78, 5) is 13.9. The molecule has 0 atom stereocenters. The lowest BCUT2D eigenvalue weighted by Crippen LogP contribution is -2.38. The second-order valence-electron chi connectivity index (χ2n) is 4.46. The second kappa shape index (κ2) is 8.07. The summed E-state index contributed by atoms with van der Waals surface area (Å²) in [6, 6.07) is 0. The summed E-state index contributed by atoms with van der Waals surface area (Å²) in [6.45, 7) is 12.2. The third kappa shape index (κ3) is 7.23. The van der Waals surface area contributed by atoms with E-state index in [0.717, 1.165) is 39.0 Å². The predicted octanol–water partition coefficient (Wildman–Crippen LogP) is 2.40. The fraction of sp³-hybridized carbons (Fsp3) is 0.917. The van der Waals surface area contributed by atoms with Crippen molar-refractivity contribution in [2.75, 3.05) is 26.2 Å². The third-order valence-electron chi connectivity index (χ3n) is 2.62. The molecular weight excluding hydrogens is 268 g/mol. The molecule has 0 heterocycles. The number of hydrogen-bond acceptors (Lipinski definition) is 2. The highest BCUT2D eigenvalue weighted by Gasteiger charge is 2.22. The van der Waals surface area contributed by atoms with Crippen molar-refractivity contribution in [3.63, 3.8) is 0 Å². The van der Waals surface area contributed by atoms with E-state index in [2.05, 4.69) is 40.0 Å². The van der Waals surface area contributed by atoms with Crippen LogP contribution in [0.1, 0.15) is 40.5 Å². The predicted molar refractivity (Wildman–Crippen MR) is 73.0 cm³/mol. The lowest BCUT2D eigenvalue weighted by Gasteiger charge is -2.18. The average Bonchev–Trinajstić information content (AvgIpc) is 2.21. The molecule has 0 saturated carbocycles. The van der Waals surface area contributed by atoms with Gasteiger partial charge in [0, 0.05) is 6.54 Å². The van der Waals surface area contributed by atoms with Crippen molar-refractivity contribution >= 4 is 21.8 Å². The van der Waals surface area contributed by atoms with Crippen LogP contribution in [0.15, 0.2) is 0 Å². The highest BCUT2D eigenvalue weighted by atomic mass is 79.9. The van der Waals surface area contributed by atoms with Crippen LogP contribution in [-0.4, -0.2) is 41.3 Å². The first-order chi connectivity index (χ1) is 7.41. The summed E-state index contributed by atoms with van der Waals surface area (Å²) in [7, 11) is 0. The van der Waals surface area contributed by atoms with Gasteiger partial charge in [0.05, 0.1) is 4.32 Å². The van der Waals surface area contributed by atoms with Crippen molar-refractivity contribution in [3.8, 4) is 0 Å². The van der Waals surface area contributed by atoms with Crippen LogP contribution in [0.4, 0.5) is 0 Å². The van der Waals surface area contributed by atoms with Gasteiger partial charge in [-0.2, -0.15) is 0 Å². The van der Waals surface area contributed by atoms with E-state index in [9.17, 15) is 4.79 Å². The van der Waals surface area contributed by atoms with Gasteiger partial charge in [0.2, 0.25) is 5.91 Å². The fourth-order valence-corrected chi connectivity index (χ4v) is 1.55. The molecule has 4 heteroatoms. The van der Waals surface area contributed by atoms with Gasteiger partial charge in [0.1, 0.15) is 0 Å². The van der Waals surface area contributed by atoms with Crippen molar-refractivity contribution < 1.29 is 4.79 Å². The van der Waals surface area contributed by atoms with Crippen LogP contribution < -0.4 is 5.32 Å².